The van der Waals surface area contributed by atoms with Gasteiger partial charge in [-0.05, 0) is 62.8 Å². The van der Waals surface area contributed by atoms with Crippen molar-refractivity contribution < 1.29 is 19.0 Å². The molecule has 0 atom stereocenters. The van der Waals surface area contributed by atoms with Gasteiger partial charge in [-0.3, -0.25) is 0 Å². The Balaban J connectivity index is 1.48. The molecule has 0 spiro atoms. The van der Waals surface area contributed by atoms with Gasteiger partial charge in [0.05, 0.1) is 12.7 Å². The van der Waals surface area contributed by atoms with Gasteiger partial charge in [-0.1, -0.05) is 0 Å². The Kier molecular flexibility index (Phi) is 7.13. The van der Waals surface area contributed by atoms with Crippen molar-refractivity contribution in [2.75, 3.05) is 13.2 Å². The predicted molar refractivity (Wildman–Crippen MR) is 85.9 cm³/mol. The minimum atomic E-state index is -0.278. The van der Waals surface area contributed by atoms with E-state index in [1.54, 1.807) is 12.1 Å². The van der Waals surface area contributed by atoms with Crippen LogP contribution in [0.25, 0.3) is 0 Å². The summed E-state index contributed by atoms with van der Waals surface area (Å²) in [6.45, 7) is 1.13. The molecule has 2 amide bonds. The molecule has 23 heavy (non-hydrogen) atoms. The molecule has 2 rings (SSSR count). The molecule has 0 unspecified atom stereocenters. The smallest absolute Gasteiger partial charge is 0.315 e. The molecule has 6 heteroatoms. The lowest BCUT2D eigenvalue weighted by Gasteiger charge is -2.26. The summed E-state index contributed by atoms with van der Waals surface area (Å²) in [6.07, 6.45) is 4.60. The van der Waals surface area contributed by atoms with Crippen LogP contribution in [0.1, 0.15) is 38.5 Å². The fourth-order valence-electron chi connectivity index (χ4n) is 2.61. The highest BCUT2D eigenvalue weighted by atomic mass is 19.1. The number of benzene rings is 1. The van der Waals surface area contributed by atoms with Crippen molar-refractivity contribution in [1.29, 1.82) is 0 Å². The highest BCUT2D eigenvalue weighted by molar-refractivity contribution is 5.74. The lowest BCUT2D eigenvalue weighted by atomic mass is 9.93. The van der Waals surface area contributed by atoms with E-state index < -0.39 is 0 Å². The van der Waals surface area contributed by atoms with Crippen molar-refractivity contribution in [3.63, 3.8) is 0 Å². The zero-order valence-corrected chi connectivity index (χ0v) is 13.3. The summed E-state index contributed by atoms with van der Waals surface area (Å²) < 4.78 is 18.2. The van der Waals surface area contributed by atoms with Gasteiger partial charge >= 0.3 is 6.03 Å². The van der Waals surface area contributed by atoms with Gasteiger partial charge in [0.15, 0.2) is 0 Å². The number of hydrogen-bond donors (Lipinski definition) is 3. The molecule has 0 saturated heterocycles. The number of unbranched alkanes of at least 4 members (excludes halogenated alkanes) is 1. The van der Waals surface area contributed by atoms with Gasteiger partial charge in [-0.2, -0.15) is 0 Å². The van der Waals surface area contributed by atoms with E-state index in [1.165, 1.54) is 12.1 Å². The summed E-state index contributed by atoms with van der Waals surface area (Å²) >= 11 is 0. The summed E-state index contributed by atoms with van der Waals surface area (Å²) in [4.78, 5) is 11.7. The predicted octanol–water partition coefficient (Wildman–Crippen LogP) is 2.59. The van der Waals surface area contributed by atoms with Crippen molar-refractivity contribution in [3.05, 3.63) is 30.1 Å². The number of urea groups is 1. The fraction of sp³-hybridized carbons (Fsp3) is 0.588. The molecule has 0 radical (unpaired) electrons. The second-order valence-electron chi connectivity index (χ2n) is 5.92. The van der Waals surface area contributed by atoms with Gasteiger partial charge in [0.1, 0.15) is 11.6 Å². The molecule has 0 heterocycles. The minimum Gasteiger partial charge on any atom is -0.494 e. The number of carbonyl (C=O) groups is 1. The third kappa shape index (κ3) is 6.86. The van der Waals surface area contributed by atoms with E-state index >= 15 is 0 Å². The van der Waals surface area contributed by atoms with Crippen molar-refractivity contribution in [3.8, 4) is 5.75 Å². The zero-order chi connectivity index (χ0) is 16.5. The zero-order valence-electron chi connectivity index (χ0n) is 13.3. The van der Waals surface area contributed by atoms with Crippen LogP contribution >= 0.6 is 0 Å². The molecule has 1 aromatic rings. The lowest BCUT2D eigenvalue weighted by molar-refractivity contribution is 0.117. The molecule has 1 saturated carbocycles. The van der Waals surface area contributed by atoms with Gasteiger partial charge in [-0.25, -0.2) is 9.18 Å². The van der Waals surface area contributed by atoms with Gasteiger partial charge in [0, 0.05) is 12.6 Å². The normalized spacial score (nSPS) is 20.8. The fourth-order valence-corrected chi connectivity index (χ4v) is 2.61. The van der Waals surface area contributed by atoms with Crippen LogP contribution in [0.3, 0.4) is 0 Å². The number of hydrogen-bond acceptors (Lipinski definition) is 3. The molecule has 0 bridgehead atoms. The molecule has 1 fully saturated rings. The molecule has 1 aromatic carbocycles. The molecule has 0 aromatic heterocycles. The van der Waals surface area contributed by atoms with E-state index in [0.29, 0.717) is 18.9 Å². The van der Waals surface area contributed by atoms with E-state index in [0.717, 1.165) is 38.5 Å². The van der Waals surface area contributed by atoms with Crippen molar-refractivity contribution in [2.24, 2.45) is 0 Å². The number of ether oxygens (including phenoxy) is 1. The number of nitrogens with one attached hydrogen (secondary N) is 2. The van der Waals surface area contributed by atoms with Crippen LogP contribution in [0.2, 0.25) is 0 Å². The average Bonchev–Trinajstić information content (AvgIpc) is 2.54. The summed E-state index contributed by atoms with van der Waals surface area (Å²) in [7, 11) is 0. The van der Waals surface area contributed by atoms with E-state index in [2.05, 4.69) is 10.6 Å². The summed E-state index contributed by atoms with van der Waals surface area (Å²) in [6, 6.07) is 5.95. The Labute approximate surface area is 136 Å². The minimum absolute atomic E-state index is 0.147. The summed E-state index contributed by atoms with van der Waals surface area (Å²) in [5.41, 5.74) is 0. The third-order valence-corrected chi connectivity index (χ3v) is 3.97. The van der Waals surface area contributed by atoms with Gasteiger partial charge < -0.3 is 20.5 Å². The molecule has 1 aliphatic rings. The van der Waals surface area contributed by atoms with Crippen LogP contribution in [0.15, 0.2) is 24.3 Å². The topological polar surface area (TPSA) is 70.6 Å². The Morgan fingerprint density at radius 3 is 2.57 bits per heavy atom. The van der Waals surface area contributed by atoms with Gasteiger partial charge in [-0.15, -0.1) is 0 Å². The summed E-state index contributed by atoms with van der Waals surface area (Å²) in [5, 5.41) is 15.2. The average molecular weight is 324 g/mol. The highest BCUT2D eigenvalue weighted by Gasteiger charge is 2.20. The molecule has 5 nitrogen and oxygen atoms in total. The first-order chi connectivity index (χ1) is 11.1. The monoisotopic (exact) mass is 324 g/mol. The largest absolute Gasteiger partial charge is 0.494 e. The molecule has 3 N–H and O–H groups in total. The Hall–Kier alpha value is -1.82. The van der Waals surface area contributed by atoms with Crippen LogP contribution < -0.4 is 15.4 Å². The first kappa shape index (κ1) is 17.5. The van der Waals surface area contributed by atoms with Crippen molar-refractivity contribution in [2.45, 2.75) is 50.7 Å². The first-order valence-corrected chi connectivity index (χ1v) is 8.24. The van der Waals surface area contributed by atoms with E-state index in [4.69, 9.17) is 4.74 Å². The van der Waals surface area contributed by atoms with Gasteiger partial charge in [0.2, 0.25) is 0 Å². The molecular formula is C17H25FN2O3. The number of carbonyl (C=O) groups excluding carboxylic acids is 1. The first-order valence-electron chi connectivity index (χ1n) is 8.24. The molecule has 0 aliphatic heterocycles. The van der Waals surface area contributed by atoms with Crippen LogP contribution in [-0.4, -0.2) is 36.4 Å². The van der Waals surface area contributed by atoms with Crippen LogP contribution in [-0.2, 0) is 0 Å². The number of amides is 2. The van der Waals surface area contributed by atoms with Crippen LogP contribution in [0.5, 0.6) is 5.75 Å². The Morgan fingerprint density at radius 1 is 1.17 bits per heavy atom. The number of aliphatic hydroxyl groups excluding tert-OH is 1. The third-order valence-electron chi connectivity index (χ3n) is 3.97. The van der Waals surface area contributed by atoms with Crippen LogP contribution in [0.4, 0.5) is 9.18 Å². The highest BCUT2D eigenvalue weighted by Crippen LogP contribution is 2.18. The lowest BCUT2D eigenvalue weighted by Crippen LogP contribution is -2.44. The van der Waals surface area contributed by atoms with E-state index in [1.807, 2.05) is 0 Å². The SMILES string of the molecule is O=C(NCCCCOc1ccc(F)cc1)NC1CCC(O)CC1. The second-order valence-corrected chi connectivity index (χ2v) is 5.92. The molecular weight excluding hydrogens is 299 g/mol. The summed E-state index contributed by atoms with van der Waals surface area (Å²) in [5.74, 6) is 0.372. The van der Waals surface area contributed by atoms with Gasteiger partial charge in [0.25, 0.3) is 0 Å². The maximum atomic E-state index is 12.7. The second kappa shape index (κ2) is 9.35. The van der Waals surface area contributed by atoms with Crippen molar-refractivity contribution in [1.82, 2.24) is 10.6 Å². The Morgan fingerprint density at radius 2 is 1.87 bits per heavy atom. The Bertz CT molecular complexity index is 473. The number of rotatable bonds is 7. The maximum absolute atomic E-state index is 12.7. The van der Waals surface area contributed by atoms with Crippen LogP contribution in [0, 0.1) is 5.82 Å². The molecule has 128 valence electrons. The van der Waals surface area contributed by atoms with Crippen molar-refractivity contribution >= 4 is 6.03 Å². The quantitative estimate of drug-likeness (QED) is 0.675. The molecule has 1 aliphatic carbocycles. The van der Waals surface area contributed by atoms with E-state index in [-0.39, 0.29) is 24.0 Å². The number of halogens is 1. The number of aliphatic hydroxyl groups is 1. The standard InChI is InChI=1S/C17H25FN2O3/c18-13-3-9-16(10-4-13)23-12-2-1-11-19-17(22)20-14-5-7-15(21)8-6-14/h3-4,9-10,14-15,21H,1-2,5-8,11-12H2,(H2,19,20,22). The van der Waals surface area contributed by atoms with E-state index in [9.17, 15) is 14.3 Å². The maximum Gasteiger partial charge on any atom is 0.315 e.